The summed E-state index contributed by atoms with van der Waals surface area (Å²) in [6.07, 6.45) is 11.0. The zero-order valence-electron chi connectivity index (χ0n) is 18.8. The van der Waals surface area contributed by atoms with Crippen molar-refractivity contribution in [3.05, 3.63) is 48.8 Å². The number of ether oxygens (including phenoxy) is 1. The first-order chi connectivity index (χ1) is 15.9. The van der Waals surface area contributed by atoms with E-state index in [2.05, 4.69) is 4.98 Å². The van der Waals surface area contributed by atoms with E-state index in [0.29, 0.717) is 10.8 Å². The lowest BCUT2D eigenvalue weighted by atomic mass is 10.0. The van der Waals surface area contributed by atoms with Gasteiger partial charge in [0.2, 0.25) is 5.91 Å². The first-order valence-electron chi connectivity index (χ1n) is 11.6. The number of likely N-dealkylation sites (tertiary alicyclic amines) is 1. The van der Waals surface area contributed by atoms with Crippen LogP contribution in [0.25, 0.3) is 16.7 Å². The van der Waals surface area contributed by atoms with Crippen molar-refractivity contribution in [3.63, 3.8) is 0 Å². The lowest BCUT2D eigenvalue weighted by molar-refractivity contribution is -0.137. The molecule has 0 N–H and O–H groups in total. The number of hydrogen-bond acceptors (Lipinski definition) is 5. The first-order valence-corrected chi connectivity index (χ1v) is 13.5. The third-order valence-electron chi connectivity index (χ3n) is 6.82. The molecule has 33 heavy (non-hydrogen) atoms. The molecule has 0 spiro atoms. The minimum absolute atomic E-state index is 0.0899. The van der Waals surface area contributed by atoms with Gasteiger partial charge < -0.3 is 14.2 Å². The predicted molar refractivity (Wildman–Crippen MR) is 126 cm³/mol. The van der Waals surface area contributed by atoms with Crippen LogP contribution in [-0.2, 0) is 14.6 Å². The maximum atomic E-state index is 12.6. The largest absolute Gasteiger partial charge is 0.489 e. The van der Waals surface area contributed by atoms with Crippen molar-refractivity contribution < 1.29 is 17.9 Å². The van der Waals surface area contributed by atoms with Gasteiger partial charge >= 0.3 is 0 Å². The highest BCUT2D eigenvalue weighted by Crippen LogP contribution is 2.29. The minimum Gasteiger partial charge on any atom is -0.489 e. The number of sulfone groups is 1. The molecule has 1 amide bonds. The molecule has 3 heterocycles. The Morgan fingerprint density at radius 3 is 2.45 bits per heavy atom. The standard InChI is InChI=1S/C25H29N3O4S/c1-33(30,31)22-7-8-23-19(16-22)10-15-28(23)24-9-6-21(17-26-24)32-20-11-13-27(14-12-20)25(29)18-4-2-3-5-18/h6-10,15-18,20H,2-5,11-14H2,1H3. The van der Waals surface area contributed by atoms with Gasteiger partial charge in [0, 0.05) is 49.7 Å². The Morgan fingerprint density at radius 2 is 1.79 bits per heavy atom. The van der Waals surface area contributed by atoms with Gasteiger partial charge in [0.1, 0.15) is 17.7 Å². The average molecular weight is 468 g/mol. The van der Waals surface area contributed by atoms with Crippen LogP contribution < -0.4 is 4.74 Å². The van der Waals surface area contributed by atoms with Crippen molar-refractivity contribution in [2.24, 2.45) is 5.92 Å². The number of fused-ring (bicyclic) bond motifs is 1. The Bertz CT molecular complexity index is 1250. The van der Waals surface area contributed by atoms with Crippen molar-refractivity contribution in [2.45, 2.75) is 49.5 Å². The molecule has 5 rings (SSSR count). The van der Waals surface area contributed by atoms with E-state index in [1.165, 1.54) is 19.1 Å². The number of nitrogens with zero attached hydrogens (tertiary/aromatic N) is 3. The summed E-state index contributed by atoms with van der Waals surface area (Å²) in [6, 6.07) is 10.8. The quantitative estimate of drug-likeness (QED) is 0.567. The van der Waals surface area contributed by atoms with Crippen LogP contribution in [-0.4, -0.2) is 54.2 Å². The second-order valence-corrected chi connectivity index (χ2v) is 11.2. The summed E-state index contributed by atoms with van der Waals surface area (Å²) in [5, 5.41) is 0.846. The fourth-order valence-electron chi connectivity index (χ4n) is 4.95. The molecule has 2 aromatic heterocycles. The second kappa shape index (κ2) is 8.82. The number of amides is 1. The molecule has 1 aromatic carbocycles. The number of pyridine rings is 1. The summed E-state index contributed by atoms with van der Waals surface area (Å²) in [7, 11) is -3.25. The third-order valence-corrected chi connectivity index (χ3v) is 7.93. The van der Waals surface area contributed by atoms with E-state index in [1.807, 2.05) is 33.9 Å². The summed E-state index contributed by atoms with van der Waals surface area (Å²) in [5.41, 5.74) is 0.892. The molecule has 1 aliphatic carbocycles. The summed E-state index contributed by atoms with van der Waals surface area (Å²) >= 11 is 0. The Kier molecular flexibility index (Phi) is 5.86. The molecule has 2 aliphatic rings. The van der Waals surface area contributed by atoms with Crippen LogP contribution in [0.5, 0.6) is 5.75 Å². The Labute approximate surface area is 194 Å². The van der Waals surface area contributed by atoms with Gasteiger partial charge in [-0.2, -0.15) is 0 Å². The zero-order valence-corrected chi connectivity index (χ0v) is 19.6. The Balaban J connectivity index is 1.22. The molecule has 1 saturated carbocycles. The molecule has 0 atom stereocenters. The third kappa shape index (κ3) is 4.62. The summed E-state index contributed by atoms with van der Waals surface area (Å²) in [5.74, 6) is 2.03. The lowest BCUT2D eigenvalue weighted by Gasteiger charge is -2.33. The predicted octanol–water partition coefficient (Wildman–Crippen LogP) is 3.99. The Morgan fingerprint density at radius 1 is 1.03 bits per heavy atom. The van der Waals surface area contributed by atoms with E-state index in [9.17, 15) is 13.2 Å². The molecule has 0 unspecified atom stereocenters. The van der Waals surface area contributed by atoms with Crippen LogP contribution in [0.4, 0.5) is 0 Å². The maximum Gasteiger partial charge on any atom is 0.225 e. The van der Waals surface area contributed by atoms with Gasteiger partial charge in [-0.1, -0.05) is 12.8 Å². The molecule has 0 radical (unpaired) electrons. The molecular weight excluding hydrogens is 438 g/mol. The van der Waals surface area contributed by atoms with Crippen molar-refractivity contribution in [1.82, 2.24) is 14.5 Å². The van der Waals surface area contributed by atoms with Gasteiger partial charge in [-0.15, -0.1) is 0 Å². The molecule has 174 valence electrons. The molecule has 8 heteroatoms. The number of rotatable bonds is 5. The van der Waals surface area contributed by atoms with Gasteiger partial charge in [0.05, 0.1) is 16.6 Å². The van der Waals surface area contributed by atoms with Gasteiger partial charge in [0.15, 0.2) is 9.84 Å². The second-order valence-electron chi connectivity index (χ2n) is 9.15. The van der Waals surface area contributed by atoms with Gasteiger partial charge in [-0.05, 0) is 49.2 Å². The van der Waals surface area contributed by atoms with Gasteiger partial charge in [-0.3, -0.25) is 4.79 Å². The zero-order chi connectivity index (χ0) is 23.0. The fourth-order valence-corrected chi connectivity index (χ4v) is 5.61. The van der Waals surface area contributed by atoms with E-state index in [-0.39, 0.29) is 12.0 Å². The number of benzene rings is 1. The number of carbonyl (C=O) groups excluding carboxylic acids is 1. The Hall–Kier alpha value is -2.87. The molecule has 1 aliphatic heterocycles. The number of carbonyl (C=O) groups is 1. The maximum absolute atomic E-state index is 12.6. The highest BCUT2D eigenvalue weighted by Gasteiger charge is 2.30. The highest BCUT2D eigenvalue weighted by molar-refractivity contribution is 7.90. The summed E-state index contributed by atoms with van der Waals surface area (Å²) < 4.78 is 31.7. The minimum atomic E-state index is -3.25. The number of hydrogen-bond donors (Lipinski definition) is 0. The molecule has 7 nitrogen and oxygen atoms in total. The fraction of sp³-hybridized carbons (Fsp3) is 0.440. The van der Waals surface area contributed by atoms with Crippen molar-refractivity contribution >= 4 is 26.6 Å². The molecule has 2 fully saturated rings. The van der Waals surface area contributed by atoms with Gasteiger partial charge in [0.25, 0.3) is 0 Å². The van der Waals surface area contributed by atoms with E-state index >= 15 is 0 Å². The van der Waals surface area contributed by atoms with Crippen molar-refractivity contribution in [3.8, 4) is 11.6 Å². The smallest absolute Gasteiger partial charge is 0.225 e. The van der Waals surface area contributed by atoms with E-state index in [0.717, 1.165) is 61.2 Å². The first kappa shape index (κ1) is 21.9. The lowest BCUT2D eigenvalue weighted by Crippen LogP contribution is -2.43. The SMILES string of the molecule is CS(=O)(=O)c1ccc2c(ccn2-c2ccc(OC3CCN(C(=O)C4CCCC4)CC3)cn2)c1. The number of piperidine rings is 1. The van der Waals surface area contributed by atoms with Gasteiger partial charge in [-0.25, -0.2) is 13.4 Å². The van der Waals surface area contributed by atoms with Crippen molar-refractivity contribution in [1.29, 1.82) is 0 Å². The average Bonchev–Trinajstić information content (AvgIpc) is 3.49. The van der Waals surface area contributed by atoms with Crippen LogP contribution in [0.15, 0.2) is 53.7 Å². The van der Waals surface area contributed by atoms with Crippen LogP contribution in [0, 0.1) is 5.92 Å². The van der Waals surface area contributed by atoms with Crippen LogP contribution in [0.1, 0.15) is 38.5 Å². The van der Waals surface area contributed by atoms with E-state index < -0.39 is 9.84 Å². The van der Waals surface area contributed by atoms with E-state index in [4.69, 9.17) is 4.74 Å². The van der Waals surface area contributed by atoms with E-state index in [1.54, 1.807) is 24.4 Å². The summed E-state index contributed by atoms with van der Waals surface area (Å²) in [4.78, 5) is 19.5. The van der Waals surface area contributed by atoms with Crippen LogP contribution >= 0.6 is 0 Å². The number of aromatic nitrogens is 2. The molecule has 0 bridgehead atoms. The monoisotopic (exact) mass is 467 g/mol. The summed E-state index contributed by atoms with van der Waals surface area (Å²) in [6.45, 7) is 1.52. The molecule has 1 saturated heterocycles. The molecule has 3 aromatic rings. The van der Waals surface area contributed by atoms with Crippen molar-refractivity contribution in [2.75, 3.05) is 19.3 Å². The van der Waals surface area contributed by atoms with Crippen LogP contribution in [0.3, 0.4) is 0 Å². The topological polar surface area (TPSA) is 81.5 Å². The molecular formula is C25H29N3O4S. The van der Waals surface area contributed by atoms with Crippen LogP contribution in [0.2, 0.25) is 0 Å². The normalized spacial score (nSPS) is 18.2. The highest BCUT2D eigenvalue weighted by atomic mass is 32.2.